The molecule has 1 aliphatic heterocycles. The third kappa shape index (κ3) is 5.69. The Morgan fingerprint density at radius 3 is 2.45 bits per heavy atom. The highest BCUT2D eigenvalue weighted by Crippen LogP contribution is 2.10. The second-order valence-electron chi connectivity index (χ2n) is 5.53. The van der Waals surface area contributed by atoms with Crippen LogP contribution in [0.15, 0.2) is 24.3 Å². The number of hydrogen-bond acceptors (Lipinski definition) is 3. The maximum absolute atomic E-state index is 13.0. The first-order valence-electron chi connectivity index (χ1n) is 7.73. The Labute approximate surface area is 130 Å². The van der Waals surface area contributed by atoms with Gasteiger partial charge in [-0.3, -0.25) is 9.18 Å². The summed E-state index contributed by atoms with van der Waals surface area (Å²) in [6.07, 6.45) is 0.983. The number of amides is 1. The molecule has 1 amide bonds. The number of alkyl halides is 1. The molecule has 2 rings (SSSR count). The summed E-state index contributed by atoms with van der Waals surface area (Å²) in [5.41, 5.74) is 0.487. The van der Waals surface area contributed by atoms with E-state index in [1.807, 2.05) is 0 Å². The van der Waals surface area contributed by atoms with E-state index in [9.17, 15) is 13.6 Å². The Morgan fingerprint density at radius 1 is 1.14 bits per heavy atom. The lowest BCUT2D eigenvalue weighted by Gasteiger charge is -2.34. The number of nitrogens with one attached hydrogen (secondary N) is 1. The summed E-state index contributed by atoms with van der Waals surface area (Å²) in [6, 6.07) is 5.89. The van der Waals surface area contributed by atoms with Crippen molar-refractivity contribution >= 4 is 11.6 Å². The molecule has 0 unspecified atom stereocenters. The van der Waals surface area contributed by atoms with Gasteiger partial charge in [-0.05, 0) is 24.6 Å². The smallest absolute Gasteiger partial charge is 0.225 e. The average Bonchev–Trinajstić information content (AvgIpc) is 2.52. The molecule has 1 saturated heterocycles. The Kier molecular flexibility index (Phi) is 6.74. The highest BCUT2D eigenvalue weighted by Gasteiger charge is 2.17. The summed E-state index contributed by atoms with van der Waals surface area (Å²) in [5.74, 6) is -0.465. The van der Waals surface area contributed by atoms with Crippen LogP contribution in [0.1, 0.15) is 12.8 Å². The van der Waals surface area contributed by atoms with Crippen molar-refractivity contribution in [2.45, 2.75) is 12.8 Å². The molecule has 0 aliphatic carbocycles. The Bertz CT molecular complexity index is 476. The van der Waals surface area contributed by atoms with Crippen LogP contribution in [-0.4, -0.2) is 61.7 Å². The standard InChI is InChI=1S/C16H23F2N3O/c17-6-2-7-20-9-11-21(12-10-20)8-5-16(22)19-15-4-1-3-14(18)13-15/h1,3-4,13H,2,5-12H2,(H,19,22). The number of anilines is 1. The predicted molar refractivity (Wildman–Crippen MR) is 83.1 cm³/mol. The zero-order valence-electron chi connectivity index (χ0n) is 12.7. The minimum atomic E-state index is -0.359. The lowest BCUT2D eigenvalue weighted by molar-refractivity contribution is -0.116. The van der Waals surface area contributed by atoms with Crippen LogP contribution in [0.5, 0.6) is 0 Å². The second kappa shape index (κ2) is 8.80. The lowest BCUT2D eigenvalue weighted by Crippen LogP contribution is -2.47. The average molecular weight is 311 g/mol. The van der Waals surface area contributed by atoms with Crippen molar-refractivity contribution in [3.8, 4) is 0 Å². The summed E-state index contributed by atoms with van der Waals surface area (Å²) in [5, 5.41) is 2.70. The predicted octanol–water partition coefficient (Wildman–Crippen LogP) is 2.13. The molecule has 4 nitrogen and oxygen atoms in total. The molecule has 6 heteroatoms. The van der Waals surface area contributed by atoms with Gasteiger partial charge in [0.1, 0.15) is 5.82 Å². The van der Waals surface area contributed by atoms with Crippen LogP contribution in [0.2, 0.25) is 0 Å². The van der Waals surface area contributed by atoms with Crippen molar-refractivity contribution in [2.24, 2.45) is 0 Å². The van der Waals surface area contributed by atoms with Gasteiger partial charge < -0.3 is 15.1 Å². The molecule has 0 bridgehead atoms. The molecule has 1 aromatic rings. The van der Waals surface area contributed by atoms with Crippen molar-refractivity contribution in [2.75, 3.05) is 51.3 Å². The van der Waals surface area contributed by atoms with Crippen LogP contribution < -0.4 is 5.32 Å². The zero-order chi connectivity index (χ0) is 15.8. The van der Waals surface area contributed by atoms with Gasteiger partial charge in [0.25, 0.3) is 0 Å². The van der Waals surface area contributed by atoms with Crippen molar-refractivity contribution in [1.82, 2.24) is 9.80 Å². The maximum atomic E-state index is 13.0. The molecule has 0 aromatic heterocycles. The molecule has 1 aliphatic rings. The summed E-state index contributed by atoms with van der Waals surface area (Å²) >= 11 is 0. The van der Waals surface area contributed by atoms with Crippen LogP contribution in [0.4, 0.5) is 14.5 Å². The molecule has 1 heterocycles. The van der Waals surface area contributed by atoms with Crippen LogP contribution in [0.3, 0.4) is 0 Å². The molecule has 1 aromatic carbocycles. The van der Waals surface area contributed by atoms with Crippen LogP contribution in [0.25, 0.3) is 0 Å². The molecular weight excluding hydrogens is 288 g/mol. The first kappa shape index (κ1) is 16.8. The Balaban J connectivity index is 1.65. The summed E-state index contributed by atoms with van der Waals surface area (Å²) in [4.78, 5) is 16.3. The normalized spacial score (nSPS) is 16.6. The number of nitrogens with zero attached hydrogens (tertiary/aromatic N) is 2. The van der Waals surface area contributed by atoms with Gasteiger partial charge in [0, 0.05) is 51.4 Å². The summed E-state index contributed by atoms with van der Waals surface area (Å²) < 4.78 is 25.2. The minimum Gasteiger partial charge on any atom is -0.326 e. The molecule has 1 N–H and O–H groups in total. The van der Waals surface area contributed by atoms with Crippen molar-refractivity contribution in [3.05, 3.63) is 30.1 Å². The van der Waals surface area contributed by atoms with Crippen LogP contribution in [-0.2, 0) is 4.79 Å². The van der Waals surface area contributed by atoms with E-state index in [1.165, 1.54) is 12.1 Å². The van der Waals surface area contributed by atoms with Gasteiger partial charge in [-0.1, -0.05) is 6.07 Å². The van der Waals surface area contributed by atoms with Gasteiger partial charge in [0.05, 0.1) is 6.67 Å². The Morgan fingerprint density at radius 2 is 1.82 bits per heavy atom. The maximum Gasteiger partial charge on any atom is 0.225 e. The number of piperazine rings is 1. The number of halogens is 2. The fourth-order valence-electron chi connectivity index (χ4n) is 2.57. The van der Waals surface area contributed by atoms with Gasteiger partial charge in [-0.25, -0.2) is 4.39 Å². The van der Waals surface area contributed by atoms with Gasteiger partial charge in [-0.15, -0.1) is 0 Å². The monoisotopic (exact) mass is 311 g/mol. The second-order valence-corrected chi connectivity index (χ2v) is 5.53. The third-order valence-electron chi connectivity index (χ3n) is 3.84. The van der Waals surface area contributed by atoms with Crippen molar-refractivity contribution in [3.63, 3.8) is 0 Å². The number of carbonyl (C=O) groups is 1. The van der Waals surface area contributed by atoms with E-state index in [4.69, 9.17) is 0 Å². The number of benzene rings is 1. The molecule has 0 spiro atoms. The first-order valence-corrected chi connectivity index (χ1v) is 7.73. The topological polar surface area (TPSA) is 35.6 Å². The number of carbonyl (C=O) groups excluding carboxylic acids is 1. The van der Waals surface area contributed by atoms with E-state index >= 15 is 0 Å². The van der Waals surface area contributed by atoms with Crippen molar-refractivity contribution in [1.29, 1.82) is 0 Å². The highest BCUT2D eigenvalue weighted by molar-refractivity contribution is 5.90. The first-order chi connectivity index (χ1) is 10.7. The molecular formula is C16H23F2N3O. The number of rotatable bonds is 7. The molecule has 0 atom stereocenters. The SMILES string of the molecule is O=C(CCN1CCN(CCCF)CC1)Nc1cccc(F)c1. The van der Waals surface area contributed by atoms with Gasteiger partial charge in [-0.2, -0.15) is 0 Å². The third-order valence-corrected chi connectivity index (χ3v) is 3.84. The Hall–Kier alpha value is -1.53. The lowest BCUT2D eigenvalue weighted by atomic mass is 10.2. The highest BCUT2D eigenvalue weighted by atomic mass is 19.1. The molecule has 122 valence electrons. The minimum absolute atomic E-state index is 0.106. The summed E-state index contributed by atoms with van der Waals surface area (Å²) in [6.45, 7) is 4.89. The van der Waals surface area contributed by atoms with Crippen LogP contribution in [0, 0.1) is 5.82 Å². The summed E-state index contributed by atoms with van der Waals surface area (Å²) in [7, 11) is 0. The molecule has 0 saturated carbocycles. The van der Waals surface area contributed by atoms with Gasteiger partial charge in [0.2, 0.25) is 5.91 Å². The largest absolute Gasteiger partial charge is 0.326 e. The van der Waals surface area contributed by atoms with E-state index in [0.717, 1.165) is 32.7 Å². The van der Waals surface area contributed by atoms with E-state index < -0.39 is 0 Å². The molecule has 1 fully saturated rings. The fourth-order valence-corrected chi connectivity index (χ4v) is 2.57. The fraction of sp³-hybridized carbons (Fsp3) is 0.562. The molecule has 0 radical (unpaired) electrons. The molecule has 22 heavy (non-hydrogen) atoms. The van der Waals surface area contributed by atoms with E-state index in [-0.39, 0.29) is 18.4 Å². The van der Waals surface area contributed by atoms with E-state index in [1.54, 1.807) is 12.1 Å². The van der Waals surface area contributed by atoms with Gasteiger partial charge >= 0.3 is 0 Å². The van der Waals surface area contributed by atoms with Crippen molar-refractivity contribution < 1.29 is 13.6 Å². The quantitative estimate of drug-likeness (QED) is 0.838. The van der Waals surface area contributed by atoms with E-state index in [0.29, 0.717) is 25.1 Å². The van der Waals surface area contributed by atoms with Gasteiger partial charge in [0.15, 0.2) is 0 Å². The van der Waals surface area contributed by atoms with Crippen LogP contribution >= 0.6 is 0 Å². The number of hydrogen-bond donors (Lipinski definition) is 1. The van der Waals surface area contributed by atoms with E-state index in [2.05, 4.69) is 15.1 Å². The zero-order valence-corrected chi connectivity index (χ0v) is 12.7.